The van der Waals surface area contributed by atoms with E-state index in [1.807, 2.05) is 54.8 Å². The van der Waals surface area contributed by atoms with Gasteiger partial charge in [-0.2, -0.15) is 0 Å². The minimum Gasteiger partial charge on any atom is -0.297 e. The zero-order valence-electron chi connectivity index (χ0n) is 12.4. The molecule has 2 heterocycles. The lowest BCUT2D eigenvalue weighted by Crippen LogP contribution is -1.82. The van der Waals surface area contributed by atoms with Crippen LogP contribution in [0.25, 0.3) is 0 Å². The highest BCUT2D eigenvalue weighted by atomic mass is 32.2. The van der Waals surface area contributed by atoms with Gasteiger partial charge in [0.2, 0.25) is 0 Å². The van der Waals surface area contributed by atoms with E-state index in [1.165, 1.54) is 11.3 Å². The summed E-state index contributed by atoms with van der Waals surface area (Å²) in [5.41, 5.74) is 2.89. The molecule has 0 unspecified atom stereocenters. The first kappa shape index (κ1) is 15.5. The van der Waals surface area contributed by atoms with Gasteiger partial charge in [0.15, 0.2) is 6.29 Å². The number of pyridine rings is 1. The van der Waals surface area contributed by atoms with Crippen molar-refractivity contribution in [3.8, 4) is 11.8 Å². The summed E-state index contributed by atoms with van der Waals surface area (Å²) in [6.07, 6.45) is 2.67. The quantitative estimate of drug-likeness (QED) is 0.508. The maximum atomic E-state index is 11.0. The zero-order valence-corrected chi connectivity index (χ0v) is 14.1. The lowest BCUT2D eigenvalue weighted by molar-refractivity contribution is 0.112. The van der Waals surface area contributed by atoms with Gasteiger partial charge in [0.05, 0.1) is 4.88 Å². The highest BCUT2D eigenvalue weighted by Gasteiger charge is 2.04. The number of carbonyl (C=O) groups is 1. The predicted molar refractivity (Wildman–Crippen MR) is 95.2 cm³/mol. The number of rotatable bonds is 3. The van der Waals surface area contributed by atoms with Crippen molar-refractivity contribution in [3.63, 3.8) is 0 Å². The Morgan fingerprint density at radius 1 is 1.09 bits per heavy atom. The van der Waals surface area contributed by atoms with Crippen LogP contribution in [0, 0.1) is 18.8 Å². The third-order valence-corrected chi connectivity index (χ3v) is 5.15. The summed E-state index contributed by atoms with van der Waals surface area (Å²) in [4.78, 5) is 18.0. The fraction of sp³-hybridized carbons (Fsp3) is 0.0526. The Morgan fingerprint density at radius 3 is 2.61 bits per heavy atom. The second-order valence-electron chi connectivity index (χ2n) is 4.83. The molecule has 0 spiro atoms. The summed E-state index contributed by atoms with van der Waals surface area (Å²) in [6, 6.07) is 13.9. The maximum absolute atomic E-state index is 11.0. The van der Waals surface area contributed by atoms with Crippen molar-refractivity contribution in [2.24, 2.45) is 0 Å². The van der Waals surface area contributed by atoms with Crippen LogP contribution in [-0.4, -0.2) is 11.3 Å². The average molecular weight is 335 g/mol. The lowest BCUT2D eigenvalue weighted by Gasteiger charge is -2.00. The van der Waals surface area contributed by atoms with Gasteiger partial charge in [0.1, 0.15) is 0 Å². The molecule has 0 aliphatic rings. The summed E-state index contributed by atoms with van der Waals surface area (Å²) < 4.78 is 0. The van der Waals surface area contributed by atoms with Crippen molar-refractivity contribution in [1.29, 1.82) is 0 Å². The van der Waals surface area contributed by atoms with Crippen molar-refractivity contribution in [2.75, 3.05) is 0 Å². The molecule has 112 valence electrons. The second-order valence-corrected chi connectivity index (χ2v) is 6.89. The molecule has 0 atom stereocenters. The number of hydrogen-bond donors (Lipinski definition) is 0. The Hall–Kier alpha value is -2.35. The van der Waals surface area contributed by atoms with Crippen molar-refractivity contribution in [2.45, 2.75) is 16.7 Å². The van der Waals surface area contributed by atoms with Crippen LogP contribution in [-0.2, 0) is 0 Å². The number of benzene rings is 1. The zero-order chi connectivity index (χ0) is 16.1. The maximum Gasteiger partial charge on any atom is 0.161 e. The normalized spacial score (nSPS) is 9.96. The summed E-state index contributed by atoms with van der Waals surface area (Å²) in [6.45, 7) is 1.95. The van der Waals surface area contributed by atoms with Gasteiger partial charge < -0.3 is 0 Å². The second kappa shape index (κ2) is 7.28. The fourth-order valence-corrected chi connectivity index (χ4v) is 3.74. The topological polar surface area (TPSA) is 30.0 Å². The first-order chi connectivity index (χ1) is 11.2. The van der Waals surface area contributed by atoms with Crippen molar-refractivity contribution < 1.29 is 4.79 Å². The molecule has 0 aliphatic carbocycles. The number of hydrogen-bond acceptors (Lipinski definition) is 4. The van der Waals surface area contributed by atoms with E-state index in [0.29, 0.717) is 0 Å². The van der Waals surface area contributed by atoms with Crippen LogP contribution in [0.15, 0.2) is 63.8 Å². The molecule has 0 N–H and O–H groups in total. The number of nitrogens with zero attached hydrogens (tertiary/aromatic N) is 1. The fourth-order valence-electron chi connectivity index (χ4n) is 1.98. The van der Waals surface area contributed by atoms with E-state index in [0.717, 1.165) is 37.8 Å². The Bertz CT molecular complexity index is 885. The first-order valence-electron chi connectivity index (χ1n) is 7.00. The van der Waals surface area contributed by atoms with Crippen LogP contribution in [0.4, 0.5) is 0 Å². The molecule has 3 rings (SSSR count). The molecule has 0 bridgehead atoms. The highest BCUT2D eigenvalue weighted by molar-refractivity contribution is 7.99. The van der Waals surface area contributed by atoms with Gasteiger partial charge in [-0.1, -0.05) is 23.6 Å². The van der Waals surface area contributed by atoms with Gasteiger partial charge in [0, 0.05) is 32.8 Å². The molecule has 1 aromatic carbocycles. The van der Waals surface area contributed by atoms with Gasteiger partial charge in [-0.25, -0.2) is 0 Å². The third kappa shape index (κ3) is 4.10. The average Bonchev–Trinajstić information content (AvgIpc) is 3.01. The van der Waals surface area contributed by atoms with Gasteiger partial charge >= 0.3 is 0 Å². The number of thiophene rings is 1. The molecular weight excluding hydrogens is 322 g/mol. The van der Waals surface area contributed by atoms with Crippen molar-refractivity contribution in [1.82, 2.24) is 4.98 Å². The van der Waals surface area contributed by atoms with Crippen LogP contribution in [0.2, 0.25) is 0 Å². The SMILES string of the molecule is Cc1cc(C#Cc2ccc(Sc3ccsc3C=O)cc2)ccn1. The highest BCUT2D eigenvalue weighted by Crippen LogP contribution is 2.32. The van der Waals surface area contributed by atoms with E-state index in [-0.39, 0.29) is 0 Å². The third-order valence-electron chi connectivity index (χ3n) is 3.09. The molecule has 2 nitrogen and oxygen atoms in total. The molecule has 23 heavy (non-hydrogen) atoms. The van der Waals surface area contributed by atoms with E-state index in [2.05, 4.69) is 16.8 Å². The molecule has 0 radical (unpaired) electrons. The summed E-state index contributed by atoms with van der Waals surface area (Å²) in [5.74, 6) is 6.30. The monoisotopic (exact) mass is 335 g/mol. The van der Waals surface area contributed by atoms with Crippen LogP contribution < -0.4 is 0 Å². The molecule has 3 aromatic rings. The number of carbonyl (C=O) groups excluding carboxylic acids is 1. The molecule has 0 saturated carbocycles. The van der Waals surface area contributed by atoms with Crippen LogP contribution in [0.3, 0.4) is 0 Å². The van der Waals surface area contributed by atoms with Gasteiger partial charge in [0.25, 0.3) is 0 Å². The van der Waals surface area contributed by atoms with Crippen LogP contribution in [0.5, 0.6) is 0 Å². The van der Waals surface area contributed by atoms with Gasteiger partial charge in [-0.3, -0.25) is 9.78 Å². The Morgan fingerprint density at radius 2 is 1.87 bits per heavy atom. The minimum absolute atomic E-state index is 0.770. The summed E-state index contributed by atoms with van der Waals surface area (Å²) >= 11 is 3.06. The smallest absolute Gasteiger partial charge is 0.161 e. The molecule has 2 aromatic heterocycles. The summed E-state index contributed by atoms with van der Waals surface area (Å²) in [5, 5.41) is 1.93. The van der Waals surface area contributed by atoms with E-state index >= 15 is 0 Å². The van der Waals surface area contributed by atoms with Crippen molar-refractivity contribution in [3.05, 3.63) is 75.7 Å². The van der Waals surface area contributed by atoms with E-state index in [4.69, 9.17) is 0 Å². The molecule has 0 saturated heterocycles. The molecule has 0 aliphatic heterocycles. The summed E-state index contributed by atoms with van der Waals surface area (Å²) in [7, 11) is 0. The minimum atomic E-state index is 0.770. The van der Waals surface area contributed by atoms with E-state index in [9.17, 15) is 4.79 Å². The Kier molecular flexibility index (Phi) is 4.92. The number of aryl methyl sites for hydroxylation is 1. The number of aldehydes is 1. The largest absolute Gasteiger partial charge is 0.297 e. The Labute approximate surface area is 143 Å². The van der Waals surface area contributed by atoms with Gasteiger partial charge in [-0.15, -0.1) is 11.3 Å². The molecular formula is C19H13NOS2. The first-order valence-corrected chi connectivity index (χ1v) is 8.69. The molecule has 4 heteroatoms. The lowest BCUT2D eigenvalue weighted by atomic mass is 10.2. The molecule has 0 fully saturated rings. The van der Waals surface area contributed by atoms with Crippen LogP contribution >= 0.6 is 23.1 Å². The van der Waals surface area contributed by atoms with Crippen LogP contribution in [0.1, 0.15) is 26.5 Å². The number of aromatic nitrogens is 1. The molecule has 0 amide bonds. The van der Waals surface area contributed by atoms with Gasteiger partial charge in [-0.05, 0) is 54.8 Å². The standard InChI is InChI=1S/C19H13NOS2/c1-14-12-16(8-10-20-14)3-2-15-4-6-17(7-5-15)23-18-9-11-22-19(18)13-21/h4-13H,1H3. The van der Waals surface area contributed by atoms with E-state index < -0.39 is 0 Å². The predicted octanol–water partition coefficient (Wildman–Crippen LogP) is 4.82. The Balaban J connectivity index is 1.74. The van der Waals surface area contributed by atoms with Crippen molar-refractivity contribution >= 4 is 29.4 Å². The van der Waals surface area contributed by atoms with E-state index in [1.54, 1.807) is 18.0 Å².